The van der Waals surface area contributed by atoms with Gasteiger partial charge in [-0.3, -0.25) is 0 Å². The Bertz CT molecular complexity index is 613. The molecule has 0 unspecified atom stereocenters. The van der Waals surface area contributed by atoms with E-state index < -0.39 is 20.0 Å². The molecule has 0 fully saturated rings. The third kappa shape index (κ3) is 4.78. The van der Waals surface area contributed by atoms with E-state index in [1.165, 1.54) is 48.5 Å². The summed E-state index contributed by atoms with van der Waals surface area (Å²) in [7, 11) is -0.861. The molecule has 21 heavy (non-hydrogen) atoms. The predicted octanol–water partition coefficient (Wildman–Crippen LogP) is 3.47. The molecule has 2 rings (SSSR count). The zero-order valence-corrected chi connectivity index (χ0v) is 11.6. The van der Waals surface area contributed by atoms with Crippen LogP contribution in [-0.4, -0.2) is 21.6 Å². The van der Waals surface area contributed by atoms with Crippen LogP contribution in [0.5, 0.6) is 23.0 Å². The van der Waals surface area contributed by atoms with E-state index in [9.17, 15) is 19.8 Å². The maximum Gasteiger partial charge on any atom is 0.339 e. The van der Waals surface area contributed by atoms with E-state index in [0.717, 1.165) is 0 Å². The van der Waals surface area contributed by atoms with Crippen LogP contribution in [0.4, 0.5) is 9.59 Å². The first-order valence-corrected chi connectivity index (χ1v) is 6.81. The van der Waals surface area contributed by atoms with Crippen LogP contribution in [0.3, 0.4) is 0 Å². The first kappa shape index (κ1) is 14.8. The Kier molecular flexibility index (Phi) is 4.74. The highest BCUT2D eigenvalue weighted by atomic mass is 31.1. The lowest BCUT2D eigenvalue weighted by Gasteiger charge is -2.05. The summed E-state index contributed by atoms with van der Waals surface area (Å²) in [4.78, 5) is 23.1. The van der Waals surface area contributed by atoms with Crippen LogP contribution in [-0.2, 0) is 0 Å². The fourth-order valence-corrected chi connectivity index (χ4v) is 1.95. The van der Waals surface area contributed by atoms with E-state index in [4.69, 9.17) is 9.47 Å². The summed E-state index contributed by atoms with van der Waals surface area (Å²) in [6.45, 7) is 0. The fourth-order valence-electron chi connectivity index (χ4n) is 1.44. The average molecular weight is 306 g/mol. The van der Waals surface area contributed by atoms with Crippen LogP contribution < -0.4 is 9.47 Å². The second-order valence-corrected chi connectivity index (χ2v) is 4.97. The molecule has 0 heterocycles. The molecule has 0 aliphatic carbocycles. The molecule has 0 amide bonds. The van der Waals surface area contributed by atoms with Crippen molar-refractivity contribution in [2.24, 2.45) is 0 Å². The highest BCUT2D eigenvalue weighted by Gasteiger charge is 2.14. The number of hydrogen-bond acceptors (Lipinski definition) is 6. The Morgan fingerprint density at radius 1 is 0.810 bits per heavy atom. The highest BCUT2D eigenvalue weighted by Crippen LogP contribution is 2.25. The number of benzene rings is 2. The number of aromatic hydroxyl groups is 2. The minimum atomic E-state index is -0.861. The van der Waals surface area contributed by atoms with Crippen LogP contribution in [0.1, 0.15) is 0 Å². The second kappa shape index (κ2) is 6.72. The van der Waals surface area contributed by atoms with Crippen molar-refractivity contribution >= 4 is 20.0 Å². The summed E-state index contributed by atoms with van der Waals surface area (Å²) in [5.41, 5.74) is -1.57. The van der Waals surface area contributed by atoms with Gasteiger partial charge in [0.1, 0.15) is 31.6 Å². The molecule has 7 heteroatoms. The largest absolute Gasteiger partial charge is 0.508 e. The van der Waals surface area contributed by atoms with E-state index in [-0.39, 0.29) is 23.0 Å². The first-order chi connectivity index (χ1) is 10.0. The van der Waals surface area contributed by atoms with E-state index in [2.05, 4.69) is 0 Å². The van der Waals surface area contributed by atoms with E-state index in [1.807, 2.05) is 0 Å². The van der Waals surface area contributed by atoms with Gasteiger partial charge in [-0.25, -0.2) is 9.59 Å². The van der Waals surface area contributed by atoms with Gasteiger partial charge in [-0.2, -0.15) is 0 Å². The summed E-state index contributed by atoms with van der Waals surface area (Å²) < 4.78 is 9.78. The summed E-state index contributed by atoms with van der Waals surface area (Å²) in [6.07, 6.45) is 0. The number of ether oxygens (including phenoxy) is 2. The predicted molar refractivity (Wildman–Crippen MR) is 76.6 cm³/mol. The lowest BCUT2D eigenvalue weighted by Crippen LogP contribution is -2.06. The van der Waals surface area contributed by atoms with Crippen molar-refractivity contribution in [1.82, 2.24) is 0 Å². The summed E-state index contributed by atoms with van der Waals surface area (Å²) in [5, 5.41) is 18.4. The normalized spacial score (nSPS) is 9.90. The summed E-state index contributed by atoms with van der Waals surface area (Å²) >= 11 is 0. The minimum absolute atomic E-state index is 0.0500. The molecule has 2 N–H and O–H groups in total. The van der Waals surface area contributed by atoms with Crippen LogP contribution in [0.25, 0.3) is 0 Å². The molecule has 0 aliphatic heterocycles. The van der Waals surface area contributed by atoms with Gasteiger partial charge >= 0.3 is 11.4 Å². The van der Waals surface area contributed by atoms with Crippen molar-refractivity contribution in [3.8, 4) is 23.0 Å². The van der Waals surface area contributed by atoms with Gasteiger partial charge in [0.2, 0.25) is 0 Å². The molecule has 2 aromatic carbocycles. The molecule has 0 aromatic heterocycles. The molecule has 0 aliphatic rings. The Morgan fingerprint density at radius 3 is 1.62 bits per heavy atom. The number of carbonyl (C=O) groups excluding carboxylic acids is 2. The lowest BCUT2D eigenvalue weighted by molar-refractivity contribution is 0.221. The molecule has 108 valence electrons. The van der Waals surface area contributed by atoms with Gasteiger partial charge in [0.05, 0.1) is 0 Å². The fraction of sp³-hybridized carbons (Fsp3) is 0. The molecule has 0 saturated heterocycles. The van der Waals surface area contributed by atoms with Gasteiger partial charge in [-0.05, 0) is 24.3 Å². The van der Waals surface area contributed by atoms with E-state index in [0.29, 0.717) is 0 Å². The number of rotatable bonds is 4. The van der Waals surface area contributed by atoms with Gasteiger partial charge in [-0.15, -0.1) is 0 Å². The summed E-state index contributed by atoms with van der Waals surface area (Å²) in [5.74, 6) is 0.173. The van der Waals surface area contributed by atoms with Gasteiger partial charge in [0.15, 0.2) is 0 Å². The molecule has 6 nitrogen and oxygen atoms in total. The van der Waals surface area contributed by atoms with Crippen LogP contribution in [0, 0.1) is 0 Å². The molecular weight excluding hydrogens is 295 g/mol. The molecular formula is C14H11O6P. The third-order valence-electron chi connectivity index (χ3n) is 2.26. The van der Waals surface area contributed by atoms with Crippen molar-refractivity contribution in [2.45, 2.75) is 0 Å². The third-order valence-corrected chi connectivity index (χ3v) is 2.87. The van der Waals surface area contributed by atoms with Crippen LogP contribution >= 0.6 is 8.58 Å². The van der Waals surface area contributed by atoms with Gasteiger partial charge in [0, 0.05) is 12.1 Å². The molecule has 0 bridgehead atoms. The Hall–Kier alpha value is -2.59. The second-order valence-electron chi connectivity index (χ2n) is 3.90. The van der Waals surface area contributed by atoms with Gasteiger partial charge in [-0.1, -0.05) is 12.1 Å². The highest BCUT2D eigenvalue weighted by molar-refractivity contribution is 7.72. The number of carbonyl (C=O) groups is 2. The Labute approximate surface area is 121 Å². The van der Waals surface area contributed by atoms with Crippen molar-refractivity contribution in [3.63, 3.8) is 0 Å². The SMILES string of the molecule is O=C(Oc1cccc(O)c1)PC(=O)Oc1cccc(O)c1. The van der Waals surface area contributed by atoms with Crippen molar-refractivity contribution in [3.05, 3.63) is 48.5 Å². The minimum Gasteiger partial charge on any atom is -0.508 e. The molecule has 0 atom stereocenters. The number of phenols is 2. The van der Waals surface area contributed by atoms with Crippen molar-refractivity contribution < 1.29 is 29.3 Å². The molecule has 0 spiro atoms. The summed E-state index contributed by atoms with van der Waals surface area (Å²) in [6, 6.07) is 11.3. The number of phenolic OH excluding ortho intramolecular Hbond substituents is 2. The van der Waals surface area contributed by atoms with E-state index >= 15 is 0 Å². The van der Waals surface area contributed by atoms with Crippen molar-refractivity contribution in [1.29, 1.82) is 0 Å². The lowest BCUT2D eigenvalue weighted by atomic mass is 10.3. The Morgan fingerprint density at radius 2 is 1.24 bits per heavy atom. The van der Waals surface area contributed by atoms with Crippen LogP contribution in [0.2, 0.25) is 0 Å². The number of hydrogen-bond donors (Lipinski definition) is 2. The Balaban J connectivity index is 1.89. The molecule has 0 saturated carbocycles. The zero-order chi connectivity index (χ0) is 15.2. The monoisotopic (exact) mass is 306 g/mol. The average Bonchev–Trinajstić information content (AvgIpc) is 2.38. The quantitative estimate of drug-likeness (QED) is 0.840. The zero-order valence-electron chi connectivity index (χ0n) is 10.6. The maximum absolute atomic E-state index is 11.5. The molecule has 2 aromatic rings. The maximum atomic E-state index is 11.5. The smallest absolute Gasteiger partial charge is 0.339 e. The van der Waals surface area contributed by atoms with Crippen molar-refractivity contribution in [2.75, 3.05) is 0 Å². The van der Waals surface area contributed by atoms with Gasteiger partial charge < -0.3 is 19.7 Å². The first-order valence-electron chi connectivity index (χ1n) is 5.81. The van der Waals surface area contributed by atoms with Crippen LogP contribution in [0.15, 0.2) is 48.5 Å². The van der Waals surface area contributed by atoms with E-state index in [1.54, 1.807) is 0 Å². The topological polar surface area (TPSA) is 93.1 Å². The molecule has 0 radical (unpaired) electrons. The van der Waals surface area contributed by atoms with Gasteiger partial charge in [0.25, 0.3) is 0 Å². The standard InChI is InChI=1S/C14H11O6P/c15-9-3-1-5-11(7-9)19-13(17)21-14(18)20-12-6-2-4-10(16)8-12/h1-8,15-16,21H.